The Hall–Kier alpha value is -3.09. The highest BCUT2D eigenvalue weighted by atomic mass is 16.7. The number of benzene rings is 2. The number of carbonyl (C=O) groups is 1. The fraction of sp³-hybridized carbons (Fsp3) is 0.278. The molecule has 2 aromatic carbocycles. The minimum Gasteiger partial charge on any atom is -0.454 e. The maximum Gasteiger partial charge on any atom is 0.269 e. The first-order valence-corrected chi connectivity index (χ1v) is 7.89. The average molecular weight is 342 g/mol. The molecule has 3 rings (SSSR count). The highest BCUT2D eigenvalue weighted by molar-refractivity contribution is 5.76. The molecule has 0 spiro atoms. The van der Waals surface area contributed by atoms with Crippen LogP contribution in [-0.4, -0.2) is 29.6 Å². The van der Waals surface area contributed by atoms with Crippen LogP contribution in [-0.2, 0) is 17.8 Å². The van der Waals surface area contributed by atoms with Gasteiger partial charge in [0.2, 0.25) is 12.7 Å². The van der Waals surface area contributed by atoms with E-state index in [1.54, 1.807) is 24.1 Å². The molecule has 0 N–H and O–H groups in total. The number of nitro groups is 1. The van der Waals surface area contributed by atoms with Crippen LogP contribution in [0.25, 0.3) is 0 Å². The number of nitro benzene ring substituents is 1. The van der Waals surface area contributed by atoms with Gasteiger partial charge in [-0.1, -0.05) is 18.2 Å². The van der Waals surface area contributed by atoms with E-state index < -0.39 is 4.92 Å². The van der Waals surface area contributed by atoms with E-state index in [2.05, 4.69) is 0 Å². The predicted octanol–water partition coefficient (Wildman–Crippen LogP) is 2.91. The fourth-order valence-electron chi connectivity index (χ4n) is 2.67. The van der Waals surface area contributed by atoms with Crippen molar-refractivity contribution in [3.63, 3.8) is 0 Å². The van der Waals surface area contributed by atoms with Crippen molar-refractivity contribution in [2.75, 3.05) is 13.8 Å². The Morgan fingerprint density at radius 2 is 1.96 bits per heavy atom. The van der Waals surface area contributed by atoms with Crippen molar-refractivity contribution >= 4 is 11.6 Å². The Morgan fingerprint density at radius 3 is 2.76 bits per heavy atom. The first kappa shape index (κ1) is 16.8. The van der Waals surface area contributed by atoms with Crippen LogP contribution in [0.15, 0.2) is 42.5 Å². The number of amides is 1. The Balaban J connectivity index is 1.56. The van der Waals surface area contributed by atoms with Gasteiger partial charge in [0.1, 0.15) is 0 Å². The lowest BCUT2D eigenvalue weighted by Crippen LogP contribution is -2.26. The Bertz CT molecular complexity index is 806. The van der Waals surface area contributed by atoms with Gasteiger partial charge in [-0.05, 0) is 29.7 Å². The van der Waals surface area contributed by atoms with E-state index in [9.17, 15) is 14.9 Å². The molecule has 0 saturated heterocycles. The van der Waals surface area contributed by atoms with Crippen LogP contribution in [0.2, 0.25) is 0 Å². The third kappa shape index (κ3) is 4.06. The largest absolute Gasteiger partial charge is 0.454 e. The number of aryl methyl sites for hydroxylation is 1. The summed E-state index contributed by atoms with van der Waals surface area (Å²) in [5, 5.41) is 10.8. The van der Waals surface area contributed by atoms with E-state index in [0.717, 1.165) is 16.9 Å². The van der Waals surface area contributed by atoms with Gasteiger partial charge in [0, 0.05) is 32.1 Å². The number of nitrogens with zero attached hydrogens (tertiary/aromatic N) is 2. The van der Waals surface area contributed by atoms with E-state index in [1.807, 2.05) is 18.2 Å². The zero-order valence-electron chi connectivity index (χ0n) is 13.8. The summed E-state index contributed by atoms with van der Waals surface area (Å²) in [6, 6.07) is 12.0. The molecular weight excluding hydrogens is 324 g/mol. The molecule has 1 amide bonds. The van der Waals surface area contributed by atoms with Gasteiger partial charge >= 0.3 is 0 Å². The second kappa shape index (κ2) is 7.21. The molecule has 7 heteroatoms. The molecule has 0 aromatic heterocycles. The first-order chi connectivity index (χ1) is 12.0. The van der Waals surface area contributed by atoms with Gasteiger partial charge in [0.25, 0.3) is 5.69 Å². The predicted molar refractivity (Wildman–Crippen MR) is 90.5 cm³/mol. The molecule has 0 aliphatic carbocycles. The summed E-state index contributed by atoms with van der Waals surface area (Å²) in [4.78, 5) is 24.3. The van der Waals surface area contributed by atoms with Crippen LogP contribution in [0.1, 0.15) is 17.5 Å². The molecule has 25 heavy (non-hydrogen) atoms. The summed E-state index contributed by atoms with van der Waals surface area (Å²) in [5.41, 5.74) is 1.76. The molecule has 0 fully saturated rings. The van der Waals surface area contributed by atoms with E-state index in [0.29, 0.717) is 25.1 Å². The molecule has 1 heterocycles. The SMILES string of the molecule is CN(Cc1cccc([N+](=O)[O-])c1)C(=O)CCc1ccc2c(c1)OCO2. The molecule has 130 valence electrons. The maximum absolute atomic E-state index is 12.3. The summed E-state index contributed by atoms with van der Waals surface area (Å²) >= 11 is 0. The lowest BCUT2D eigenvalue weighted by atomic mass is 10.1. The van der Waals surface area contributed by atoms with Crippen LogP contribution in [0.5, 0.6) is 11.5 Å². The van der Waals surface area contributed by atoms with Crippen molar-refractivity contribution < 1.29 is 19.2 Å². The van der Waals surface area contributed by atoms with Crippen LogP contribution in [0.4, 0.5) is 5.69 Å². The zero-order chi connectivity index (χ0) is 17.8. The third-order valence-corrected chi connectivity index (χ3v) is 4.03. The van der Waals surface area contributed by atoms with Gasteiger partial charge in [0.05, 0.1) is 4.92 Å². The van der Waals surface area contributed by atoms with Gasteiger partial charge < -0.3 is 14.4 Å². The molecule has 2 aromatic rings. The molecule has 1 aliphatic rings. The molecule has 1 aliphatic heterocycles. The summed E-state index contributed by atoms with van der Waals surface area (Å²) in [6.45, 7) is 0.561. The van der Waals surface area contributed by atoms with E-state index >= 15 is 0 Å². The second-order valence-electron chi connectivity index (χ2n) is 5.86. The van der Waals surface area contributed by atoms with Crippen molar-refractivity contribution in [3.05, 3.63) is 63.7 Å². The van der Waals surface area contributed by atoms with Gasteiger partial charge in [-0.25, -0.2) is 0 Å². The monoisotopic (exact) mass is 342 g/mol. The molecule has 0 radical (unpaired) electrons. The minimum absolute atomic E-state index is 0.0239. The number of hydrogen-bond donors (Lipinski definition) is 0. The number of non-ortho nitro benzene ring substituents is 1. The standard InChI is InChI=1S/C18H18N2O5/c1-19(11-14-3-2-4-15(9-14)20(22)23)18(21)8-6-13-5-7-16-17(10-13)25-12-24-16/h2-5,7,9-10H,6,8,11-12H2,1H3. The number of rotatable bonds is 6. The van der Waals surface area contributed by atoms with Crippen LogP contribution in [0, 0.1) is 10.1 Å². The van der Waals surface area contributed by atoms with Crippen LogP contribution in [0.3, 0.4) is 0 Å². The van der Waals surface area contributed by atoms with Crippen molar-refractivity contribution in [1.29, 1.82) is 0 Å². The topological polar surface area (TPSA) is 81.9 Å². The van der Waals surface area contributed by atoms with E-state index in [4.69, 9.17) is 9.47 Å². The highest BCUT2D eigenvalue weighted by Gasteiger charge is 2.15. The summed E-state index contributed by atoms with van der Waals surface area (Å²) < 4.78 is 10.6. The lowest BCUT2D eigenvalue weighted by Gasteiger charge is -2.17. The van der Waals surface area contributed by atoms with Gasteiger partial charge in [-0.15, -0.1) is 0 Å². The van der Waals surface area contributed by atoms with Gasteiger partial charge in [-0.2, -0.15) is 0 Å². The number of hydrogen-bond acceptors (Lipinski definition) is 5. The van der Waals surface area contributed by atoms with Crippen LogP contribution < -0.4 is 9.47 Å². The van der Waals surface area contributed by atoms with Crippen molar-refractivity contribution in [2.45, 2.75) is 19.4 Å². The first-order valence-electron chi connectivity index (χ1n) is 7.89. The number of fused-ring (bicyclic) bond motifs is 1. The smallest absolute Gasteiger partial charge is 0.269 e. The summed E-state index contributed by atoms with van der Waals surface area (Å²) in [6.07, 6.45) is 0.944. The van der Waals surface area contributed by atoms with Crippen molar-refractivity contribution in [2.24, 2.45) is 0 Å². The molecule has 7 nitrogen and oxygen atoms in total. The average Bonchev–Trinajstić information content (AvgIpc) is 3.07. The summed E-state index contributed by atoms with van der Waals surface area (Å²) in [7, 11) is 1.70. The number of carbonyl (C=O) groups excluding carboxylic acids is 1. The van der Waals surface area contributed by atoms with E-state index in [-0.39, 0.29) is 18.4 Å². The molecule has 0 unspecified atom stereocenters. The highest BCUT2D eigenvalue weighted by Crippen LogP contribution is 2.32. The number of ether oxygens (including phenoxy) is 2. The molecule has 0 bridgehead atoms. The zero-order valence-corrected chi connectivity index (χ0v) is 13.8. The maximum atomic E-state index is 12.3. The fourth-order valence-corrected chi connectivity index (χ4v) is 2.67. The second-order valence-corrected chi connectivity index (χ2v) is 5.86. The Morgan fingerprint density at radius 1 is 1.16 bits per heavy atom. The Kier molecular flexibility index (Phi) is 4.83. The van der Waals surface area contributed by atoms with Crippen LogP contribution >= 0.6 is 0 Å². The van der Waals surface area contributed by atoms with Crippen molar-refractivity contribution in [3.8, 4) is 11.5 Å². The third-order valence-electron chi connectivity index (χ3n) is 4.03. The quantitative estimate of drug-likeness (QED) is 0.595. The van der Waals surface area contributed by atoms with Crippen molar-refractivity contribution in [1.82, 2.24) is 4.90 Å². The molecular formula is C18H18N2O5. The van der Waals surface area contributed by atoms with E-state index in [1.165, 1.54) is 12.1 Å². The Labute approximate surface area is 144 Å². The van der Waals surface area contributed by atoms with Gasteiger partial charge in [0.15, 0.2) is 11.5 Å². The van der Waals surface area contributed by atoms with Gasteiger partial charge in [-0.3, -0.25) is 14.9 Å². The lowest BCUT2D eigenvalue weighted by molar-refractivity contribution is -0.384. The molecule has 0 atom stereocenters. The minimum atomic E-state index is -0.440. The molecule has 0 saturated carbocycles. The normalized spacial score (nSPS) is 12.0. The summed E-state index contributed by atoms with van der Waals surface area (Å²) in [5.74, 6) is 1.40.